The van der Waals surface area contributed by atoms with E-state index in [-0.39, 0.29) is 11.8 Å². The first kappa shape index (κ1) is 11.8. The monoisotopic (exact) mass is 320 g/mol. The van der Waals surface area contributed by atoms with E-state index in [1.54, 1.807) is 0 Å². The highest BCUT2D eigenvalue weighted by Gasteiger charge is 2.67. The maximum absolute atomic E-state index is 12.4. The van der Waals surface area contributed by atoms with Gasteiger partial charge in [-0.3, -0.25) is 4.79 Å². The molecule has 0 aromatic heterocycles. The molecule has 1 amide bonds. The van der Waals surface area contributed by atoms with Crippen molar-refractivity contribution in [3.8, 4) is 0 Å². The van der Waals surface area contributed by atoms with Gasteiger partial charge in [-0.15, -0.1) is 0 Å². The predicted octanol–water partition coefficient (Wildman–Crippen LogP) is 3.26. The molecule has 0 spiro atoms. The number of rotatable bonds is 2. The van der Waals surface area contributed by atoms with Gasteiger partial charge in [0.05, 0.1) is 5.69 Å². The van der Waals surface area contributed by atoms with Crippen LogP contribution in [0, 0.1) is 29.6 Å². The van der Waals surface area contributed by atoms with Crippen LogP contribution in [0.15, 0.2) is 22.7 Å². The minimum absolute atomic E-state index is 0.192. The molecular formula is C15H17BrN2O. The molecule has 0 saturated heterocycles. The van der Waals surface area contributed by atoms with Gasteiger partial charge in [0.2, 0.25) is 5.91 Å². The summed E-state index contributed by atoms with van der Waals surface area (Å²) in [6.07, 6.45) is 4.07. The van der Waals surface area contributed by atoms with Crippen molar-refractivity contribution in [3.63, 3.8) is 0 Å². The quantitative estimate of drug-likeness (QED) is 0.822. The zero-order valence-electron chi connectivity index (χ0n) is 10.6. The standard InChI is InChI=1S/C15H17BrN2O/c16-10-4-3-9(17)6-11(10)18-15(19)14-12-7-1-2-8(5-7)13(12)14/h3-4,6-8,12-14H,1-2,5,17H2,(H,18,19). The van der Waals surface area contributed by atoms with Crippen molar-refractivity contribution < 1.29 is 4.79 Å². The first-order chi connectivity index (χ1) is 9.15. The van der Waals surface area contributed by atoms with Gasteiger partial charge in [0.1, 0.15) is 0 Å². The Bertz CT molecular complexity index is 543. The van der Waals surface area contributed by atoms with Gasteiger partial charge in [-0.05, 0) is 77.1 Å². The molecule has 3 N–H and O–H groups in total. The summed E-state index contributed by atoms with van der Waals surface area (Å²) in [5, 5.41) is 3.04. The highest BCUT2D eigenvalue weighted by Crippen LogP contribution is 2.69. The number of hydrogen-bond acceptors (Lipinski definition) is 2. The predicted molar refractivity (Wildman–Crippen MR) is 78.5 cm³/mol. The van der Waals surface area contributed by atoms with E-state index in [0.29, 0.717) is 17.5 Å². The second-order valence-corrected chi connectivity index (χ2v) is 7.10. The van der Waals surface area contributed by atoms with E-state index >= 15 is 0 Å². The summed E-state index contributed by atoms with van der Waals surface area (Å²) in [5.74, 6) is 3.47. The van der Waals surface area contributed by atoms with Crippen LogP contribution in [0.4, 0.5) is 11.4 Å². The molecule has 1 aromatic rings. The van der Waals surface area contributed by atoms with Gasteiger partial charge in [-0.2, -0.15) is 0 Å². The summed E-state index contributed by atoms with van der Waals surface area (Å²) < 4.78 is 0.892. The van der Waals surface area contributed by atoms with Crippen molar-refractivity contribution in [3.05, 3.63) is 22.7 Å². The average Bonchev–Trinajstić information content (AvgIpc) is 2.83. The number of carbonyl (C=O) groups is 1. The van der Waals surface area contributed by atoms with E-state index in [9.17, 15) is 4.79 Å². The summed E-state index contributed by atoms with van der Waals surface area (Å²) in [5.41, 5.74) is 7.24. The lowest BCUT2D eigenvalue weighted by Gasteiger charge is -2.11. The van der Waals surface area contributed by atoms with Gasteiger partial charge in [0.25, 0.3) is 0 Å². The molecule has 4 rings (SSSR count). The fourth-order valence-corrected chi connectivity index (χ4v) is 4.88. The Labute approximate surface area is 121 Å². The van der Waals surface area contributed by atoms with Crippen LogP contribution in [-0.4, -0.2) is 5.91 Å². The van der Waals surface area contributed by atoms with Crippen LogP contribution in [0.25, 0.3) is 0 Å². The molecule has 0 radical (unpaired) electrons. The lowest BCUT2D eigenvalue weighted by atomic mass is 10.0. The first-order valence-electron chi connectivity index (χ1n) is 7.01. The smallest absolute Gasteiger partial charge is 0.228 e. The van der Waals surface area contributed by atoms with Crippen molar-refractivity contribution in [2.75, 3.05) is 11.1 Å². The van der Waals surface area contributed by atoms with E-state index in [1.165, 1.54) is 19.3 Å². The zero-order chi connectivity index (χ0) is 13.1. The number of nitrogens with one attached hydrogen (secondary N) is 1. The molecule has 1 aromatic carbocycles. The largest absolute Gasteiger partial charge is 0.399 e. The van der Waals surface area contributed by atoms with Crippen LogP contribution in [0.2, 0.25) is 0 Å². The second kappa shape index (κ2) is 3.98. The number of carbonyl (C=O) groups excluding carboxylic acids is 1. The molecule has 0 aliphatic heterocycles. The molecule has 3 fully saturated rings. The van der Waals surface area contributed by atoms with Gasteiger partial charge in [-0.25, -0.2) is 0 Å². The Morgan fingerprint density at radius 2 is 1.95 bits per heavy atom. The van der Waals surface area contributed by atoms with Crippen molar-refractivity contribution >= 4 is 33.2 Å². The lowest BCUT2D eigenvalue weighted by molar-refractivity contribution is -0.118. The third-order valence-corrected chi connectivity index (χ3v) is 5.98. The number of fused-ring (bicyclic) bond motifs is 5. The molecule has 2 bridgehead atoms. The second-order valence-electron chi connectivity index (χ2n) is 6.24. The third kappa shape index (κ3) is 1.72. The van der Waals surface area contributed by atoms with Crippen molar-refractivity contribution in [2.45, 2.75) is 19.3 Å². The van der Waals surface area contributed by atoms with E-state index in [0.717, 1.165) is 22.0 Å². The van der Waals surface area contributed by atoms with Gasteiger partial charge in [0.15, 0.2) is 0 Å². The topological polar surface area (TPSA) is 55.1 Å². The van der Waals surface area contributed by atoms with E-state index < -0.39 is 0 Å². The van der Waals surface area contributed by atoms with Gasteiger partial charge < -0.3 is 11.1 Å². The van der Waals surface area contributed by atoms with Crippen molar-refractivity contribution in [1.82, 2.24) is 0 Å². The summed E-state index contributed by atoms with van der Waals surface area (Å²) in [7, 11) is 0. The number of halogens is 1. The number of nitrogens with two attached hydrogens (primary N) is 1. The number of hydrogen-bond donors (Lipinski definition) is 2. The van der Waals surface area contributed by atoms with Gasteiger partial charge >= 0.3 is 0 Å². The molecule has 0 heterocycles. The van der Waals surface area contributed by atoms with Crippen LogP contribution < -0.4 is 11.1 Å². The van der Waals surface area contributed by atoms with Crippen molar-refractivity contribution in [2.24, 2.45) is 29.6 Å². The molecule has 3 nitrogen and oxygen atoms in total. The Balaban J connectivity index is 1.50. The maximum Gasteiger partial charge on any atom is 0.228 e. The van der Waals surface area contributed by atoms with E-state index in [4.69, 9.17) is 5.73 Å². The number of anilines is 2. The SMILES string of the molecule is Nc1ccc(Br)c(NC(=O)C2C3C4CCC(C4)C23)c1. The zero-order valence-corrected chi connectivity index (χ0v) is 12.2. The molecule has 4 heteroatoms. The molecule has 19 heavy (non-hydrogen) atoms. The Morgan fingerprint density at radius 3 is 2.63 bits per heavy atom. The maximum atomic E-state index is 12.4. The van der Waals surface area contributed by atoms with Crippen LogP contribution >= 0.6 is 15.9 Å². The van der Waals surface area contributed by atoms with Crippen LogP contribution in [0.5, 0.6) is 0 Å². The summed E-state index contributed by atoms with van der Waals surface area (Å²) in [4.78, 5) is 12.4. The van der Waals surface area contributed by atoms with E-state index in [1.807, 2.05) is 18.2 Å². The molecular weight excluding hydrogens is 304 g/mol. The lowest BCUT2D eigenvalue weighted by Crippen LogP contribution is -2.18. The molecule has 4 unspecified atom stereocenters. The molecule has 100 valence electrons. The van der Waals surface area contributed by atoms with Gasteiger partial charge in [0, 0.05) is 16.1 Å². The summed E-state index contributed by atoms with van der Waals surface area (Å²) >= 11 is 3.46. The molecule has 3 saturated carbocycles. The van der Waals surface area contributed by atoms with Crippen LogP contribution in [0.1, 0.15) is 19.3 Å². The Hall–Kier alpha value is -1.03. The van der Waals surface area contributed by atoms with Crippen LogP contribution in [0.3, 0.4) is 0 Å². The molecule has 3 aliphatic carbocycles. The summed E-state index contributed by atoms with van der Waals surface area (Å²) in [6, 6.07) is 5.52. The normalized spacial score (nSPS) is 38.1. The number of benzene rings is 1. The third-order valence-electron chi connectivity index (χ3n) is 5.29. The first-order valence-corrected chi connectivity index (χ1v) is 7.80. The highest BCUT2D eigenvalue weighted by atomic mass is 79.9. The van der Waals surface area contributed by atoms with E-state index in [2.05, 4.69) is 21.2 Å². The molecule has 3 aliphatic rings. The molecule has 4 atom stereocenters. The average molecular weight is 321 g/mol. The minimum Gasteiger partial charge on any atom is -0.399 e. The fourth-order valence-electron chi connectivity index (χ4n) is 4.53. The number of amides is 1. The number of nitrogen functional groups attached to an aromatic ring is 1. The Kier molecular flexibility index (Phi) is 2.47. The highest BCUT2D eigenvalue weighted by molar-refractivity contribution is 9.10. The van der Waals surface area contributed by atoms with Gasteiger partial charge in [-0.1, -0.05) is 0 Å². The van der Waals surface area contributed by atoms with Crippen LogP contribution in [-0.2, 0) is 4.79 Å². The summed E-state index contributed by atoms with van der Waals surface area (Å²) in [6.45, 7) is 0. The fraction of sp³-hybridized carbons (Fsp3) is 0.533. The Morgan fingerprint density at radius 1 is 1.26 bits per heavy atom. The minimum atomic E-state index is 0.192. The van der Waals surface area contributed by atoms with Crippen molar-refractivity contribution in [1.29, 1.82) is 0 Å².